The third kappa shape index (κ3) is 4.61. The molecule has 1 aromatic rings. The van der Waals surface area contributed by atoms with Gasteiger partial charge in [-0.2, -0.15) is 0 Å². The van der Waals surface area contributed by atoms with Gasteiger partial charge in [0, 0.05) is 21.3 Å². The van der Waals surface area contributed by atoms with Crippen LogP contribution in [0.3, 0.4) is 0 Å². The van der Waals surface area contributed by atoms with E-state index in [1.807, 2.05) is 51.1 Å². The van der Waals surface area contributed by atoms with Crippen molar-refractivity contribution < 1.29 is 14.1 Å². The molecule has 0 aliphatic heterocycles. The average Bonchev–Trinajstić information content (AvgIpc) is 2.28. The van der Waals surface area contributed by atoms with Crippen LogP contribution in [0.1, 0.15) is 26.3 Å². The summed E-state index contributed by atoms with van der Waals surface area (Å²) < 4.78 is 11.6. The number of carbonyl (C=O) groups is 1. The fourth-order valence-corrected chi connectivity index (χ4v) is 2.67. The molecule has 0 bridgehead atoms. The lowest BCUT2D eigenvalue weighted by Gasteiger charge is -2.20. The summed E-state index contributed by atoms with van der Waals surface area (Å²) >= 11 is 0. The summed E-state index contributed by atoms with van der Waals surface area (Å²) in [5.74, 6) is -1.27. The number of benzene rings is 1. The molecule has 0 saturated carbocycles. The van der Waals surface area contributed by atoms with E-state index in [2.05, 4.69) is 0 Å². The Morgan fingerprint density at radius 2 is 1.83 bits per heavy atom. The lowest BCUT2D eigenvalue weighted by atomic mass is 10.0. The fraction of sp³-hybridized carbons (Fsp3) is 0.500. The molecule has 18 heavy (non-hydrogen) atoms. The third-order valence-electron chi connectivity index (χ3n) is 2.71. The van der Waals surface area contributed by atoms with Gasteiger partial charge in [0.1, 0.15) is 0 Å². The molecule has 0 heterocycles. The number of carboxylic acids is 1. The highest BCUT2D eigenvalue weighted by atomic mass is 32.2. The van der Waals surface area contributed by atoms with Gasteiger partial charge in [-0.1, -0.05) is 30.3 Å². The first kappa shape index (κ1) is 14.9. The quantitative estimate of drug-likeness (QED) is 0.892. The SMILES string of the molecule is CC(C)(C)[S@@](=O)CC(Cc1ccccc1)C(=O)O. The Balaban J connectivity index is 2.73. The molecule has 0 aromatic heterocycles. The van der Waals surface area contributed by atoms with Gasteiger partial charge in [-0.3, -0.25) is 9.00 Å². The monoisotopic (exact) mass is 268 g/mol. The number of hydrogen-bond acceptors (Lipinski definition) is 2. The molecular formula is C14H20O3S. The summed E-state index contributed by atoms with van der Waals surface area (Å²) in [6.45, 7) is 5.60. The summed E-state index contributed by atoms with van der Waals surface area (Å²) in [7, 11) is -1.14. The van der Waals surface area contributed by atoms with Crippen LogP contribution in [0.2, 0.25) is 0 Å². The predicted octanol–water partition coefficient (Wildman–Crippen LogP) is 2.48. The standard InChI is InChI=1S/C14H20O3S/c1-14(2,3)18(17)10-12(13(15)16)9-11-7-5-4-6-8-11/h4-8,12H,9-10H2,1-3H3,(H,15,16)/t12?,18-/m0/s1. The zero-order valence-electron chi connectivity index (χ0n) is 11.1. The maximum atomic E-state index is 12.0. The molecule has 0 amide bonds. The topological polar surface area (TPSA) is 54.4 Å². The van der Waals surface area contributed by atoms with Crippen LogP contribution in [0.5, 0.6) is 0 Å². The smallest absolute Gasteiger partial charge is 0.307 e. The first-order valence-electron chi connectivity index (χ1n) is 5.96. The van der Waals surface area contributed by atoms with E-state index in [-0.39, 0.29) is 10.5 Å². The largest absolute Gasteiger partial charge is 0.481 e. The number of rotatable bonds is 5. The average molecular weight is 268 g/mol. The Hall–Kier alpha value is -1.16. The van der Waals surface area contributed by atoms with Crippen LogP contribution in [-0.4, -0.2) is 25.8 Å². The minimum Gasteiger partial charge on any atom is -0.481 e. The second-order valence-electron chi connectivity index (χ2n) is 5.35. The van der Waals surface area contributed by atoms with Crippen LogP contribution in [0.15, 0.2) is 30.3 Å². The van der Waals surface area contributed by atoms with Gasteiger partial charge in [0.05, 0.1) is 5.92 Å². The number of hydrogen-bond donors (Lipinski definition) is 1. The lowest BCUT2D eigenvalue weighted by Crippen LogP contribution is -2.31. The molecule has 1 rings (SSSR count). The summed E-state index contributed by atoms with van der Waals surface area (Å²) in [6.07, 6.45) is 0.429. The summed E-state index contributed by atoms with van der Waals surface area (Å²) in [5, 5.41) is 9.21. The van der Waals surface area contributed by atoms with Crippen molar-refractivity contribution in [2.24, 2.45) is 5.92 Å². The van der Waals surface area contributed by atoms with Gasteiger partial charge in [-0.05, 0) is 32.8 Å². The normalized spacial score (nSPS) is 15.1. The van der Waals surface area contributed by atoms with Crippen molar-refractivity contribution in [3.8, 4) is 0 Å². The maximum absolute atomic E-state index is 12.0. The highest BCUT2D eigenvalue weighted by Gasteiger charge is 2.27. The van der Waals surface area contributed by atoms with Crippen molar-refractivity contribution in [1.29, 1.82) is 0 Å². The van der Waals surface area contributed by atoms with E-state index in [0.29, 0.717) is 6.42 Å². The molecule has 1 unspecified atom stereocenters. The van der Waals surface area contributed by atoms with Crippen molar-refractivity contribution in [2.45, 2.75) is 31.9 Å². The van der Waals surface area contributed by atoms with Gasteiger partial charge >= 0.3 is 5.97 Å². The van der Waals surface area contributed by atoms with Gasteiger partial charge in [0.2, 0.25) is 0 Å². The molecule has 0 radical (unpaired) electrons. The van der Waals surface area contributed by atoms with Gasteiger partial charge < -0.3 is 5.11 Å². The third-order valence-corrected chi connectivity index (χ3v) is 4.78. The molecule has 3 nitrogen and oxygen atoms in total. The maximum Gasteiger partial charge on any atom is 0.307 e. The Morgan fingerprint density at radius 3 is 2.28 bits per heavy atom. The summed E-state index contributed by atoms with van der Waals surface area (Å²) in [4.78, 5) is 11.2. The second kappa shape index (κ2) is 6.14. The van der Waals surface area contributed by atoms with Crippen LogP contribution in [0.25, 0.3) is 0 Å². The summed E-state index contributed by atoms with van der Waals surface area (Å²) in [5.41, 5.74) is 0.968. The van der Waals surface area contributed by atoms with Gasteiger partial charge in [-0.15, -0.1) is 0 Å². The van der Waals surface area contributed by atoms with Gasteiger partial charge in [-0.25, -0.2) is 0 Å². The van der Waals surface area contributed by atoms with Crippen LogP contribution in [0.4, 0.5) is 0 Å². The van der Waals surface area contributed by atoms with Crippen LogP contribution < -0.4 is 0 Å². The van der Waals surface area contributed by atoms with E-state index in [9.17, 15) is 14.1 Å². The minimum atomic E-state index is -1.14. The van der Waals surface area contributed by atoms with E-state index >= 15 is 0 Å². The van der Waals surface area contributed by atoms with Gasteiger partial charge in [0.15, 0.2) is 0 Å². The van der Waals surface area contributed by atoms with E-state index in [1.165, 1.54) is 0 Å². The Bertz CT molecular complexity index is 420. The molecule has 4 heteroatoms. The number of aliphatic carboxylic acids is 1. The number of carboxylic acid groups (broad SMARTS) is 1. The summed E-state index contributed by atoms with van der Waals surface area (Å²) in [6, 6.07) is 9.46. The zero-order valence-corrected chi connectivity index (χ0v) is 11.9. The zero-order chi connectivity index (χ0) is 13.8. The van der Waals surface area contributed by atoms with E-state index in [4.69, 9.17) is 0 Å². The molecule has 0 fully saturated rings. The highest BCUT2D eigenvalue weighted by Crippen LogP contribution is 2.17. The van der Waals surface area contributed by atoms with Crippen LogP contribution in [-0.2, 0) is 22.0 Å². The second-order valence-corrected chi connectivity index (χ2v) is 7.60. The Labute approximate surface area is 111 Å². The molecule has 0 aliphatic rings. The van der Waals surface area contributed by atoms with Gasteiger partial charge in [0.25, 0.3) is 0 Å². The molecule has 0 aliphatic carbocycles. The molecule has 1 aromatic carbocycles. The lowest BCUT2D eigenvalue weighted by molar-refractivity contribution is -0.140. The first-order chi connectivity index (χ1) is 8.30. The minimum absolute atomic E-state index is 0.202. The first-order valence-corrected chi connectivity index (χ1v) is 7.28. The molecule has 2 atom stereocenters. The predicted molar refractivity (Wildman–Crippen MR) is 74.0 cm³/mol. The Morgan fingerprint density at radius 1 is 1.28 bits per heavy atom. The molecule has 0 saturated heterocycles. The molecule has 1 N–H and O–H groups in total. The van der Waals surface area contributed by atoms with E-state index in [0.717, 1.165) is 5.56 Å². The molecular weight excluding hydrogens is 248 g/mol. The van der Waals surface area contributed by atoms with Crippen molar-refractivity contribution in [3.63, 3.8) is 0 Å². The van der Waals surface area contributed by atoms with Crippen molar-refractivity contribution in [1.82, 2.24) is 0 Å². The van der Waals surface area contributed by atoms with Crippen molar-refractivity contribution >= 4 is 16.8 Å². The Kier molecular flexibility index (Phi) is 5.08. The molecule has 100 valence electrons. The van der Waals surface area contributed by atoms with Crippen molar-refractivity contribution in [3.05, 3.63) is 35.9 Å². The molecule has 0 spiro atoms. The van der Waals surface area contributed by atoms with Crippen molar-refractivity contribution in [2.75, 3.05) is 5.75 Å². The van der Waals surface area contributed by atoms with E-state index < -0.39 is 22.7 Å². The van der Waals surface area contributed by atoms with Crippen LogP contribution >= 0.6 is 0 Å². The van der Waals surface area contributed by atoms with E-state index in [1.54, 1.807) is 0 Å². The van der Waals surface area contributed by atoms with Crippen LogP contribution in [0, 0.1) is 5.92 Å². The fourth-order valence-electron chi connectivity index (χ4n) is 1.55. The highest BCUT2D eigenvalue weighted by molar-refractivity contribution is 7.86.